The fraction of sp³-hybridized carbons (Fsp3) is 0.406. The van der Waals surface area contributed by atoms with Gasteiger partial charge in [0.1, 0.15) is 12.4 Å². The third-order valence-corrected chi connectivity index (χ3v) is 8.61. The van der Waals surface area contributed by atoms with Crippen molar-refractivity contribution in [3.8, 4) is 22.4 Å². The van der Waals surface area contributed by atoms with Gasteiger partial charge in [-0.05, 0) is 75.0 Å². The van der Waals surface area contributed by atoms with Gasteiger partial charge in [-0.25, -0.2) is 4.79 Å². The van der Waals surface area contributed by atoms with E-state index in [1.807, 2.05) is 31.3 Å². The summed E-state index contributed by atoms with van der Waals surface area (Å²) in [6.45, 7) is 1.95. The molecule has 0 saturated heterocycles. The van der Waals surface area contributed by atoms with Gasteiger partial charge in [0, 0.05) is 23.7 Å². The fourth-order valence-corrected chi connectivity index (χ4v) is 5.94. The zero-order chi connectivity index (χ0) is 27.5. The molecule has 2 saturated carbocycles. The van der Waals surface area contributed by atoms with E-state index in [1.165, 1.54) is 12.0 Å². The van der Waals surface area contributed by atoms with E-state index < -0.39 is 11.6 Å². The van der Waals surface area contributed by atoms with E-state index >= 15 is 0 Å². The van der Waals surface area contributed by atoms with Crippen molar-refractivity contribution in [3.63, 3.8) is 0 Å². The van der Waals surface area contributed by atoms with Crippen molar-refractivity contribution in [2.75, 3.05) is 12.4 Å². The maximum Gasteiger partial charge on any atom is 0.407 e. The summed E-state index contributed by atoms with van der Waals surface area (Å²) in [5.41, 5.74) is 11.5. The molecule has 2 aromatic carbocycles. The monoisotopic (exact) mass is 526 g/mol. The number of ether oxygens (including phenoxy) is 1. The lowest BCUT2D eigenvalue weighted by molar-refractivity contribution is -0.113. The Hall–Kier alpha value is -3.71. The number of amides is 1. The van der Waals surface area contributed by atoms with E-state index in [4.69, 9.17) is 15.5 Å². The molecule has 0 bridgehead atoms. The number of rotatable bonds is 8. The van der Waals surface area contributed by atoms with Crippen molar-refractivity contribution >= 4 is 18.1 Å². The summed E-state index contributed by atoms with van der Waals surface area (Å²) in [6, 6.07) is 20.8. The van der Waals surface area contributed by atoms with Gasteiger partial charge in [-0.3, -0.25) is 4.98 Å². The van der Waals surface area contributed by atoms with Crippen LogP contribution in [-0.4, -0.2) is 36.1 Å². The van der Waals surface area contributed by atoms with Crippen LogP contribution in [0.5, 0.6) is 0 Å². The number of hydrogen-bond donors (Lipinski definition) is 3. The van der Waals surface area contributed by atoms with Crippen molar-refractivity contribution in [3.05, 3.63) is 72.4 Å². The molecule has 2 aliphatic rings. The molecule has 5 rings (SSSR count). The van der Waals surface area contributed by atoms with Gasteiger partial charge in [-0.2, -0.15) is 0 Å². The van der Waals surface area contributed by atoms with Gasteiger partial charge in [0.05, 0.1) is 23.1 Å². The Bertz CT molecular complexity index is 1300. The maximum atomic E-state index is 12.4. The molecule has 0 spiro atoms. The molecule has 7 heteroatoms. The maximum absolute atomic E-state index is 12.4. The topological polar surface area (TPSA) is 106 Å². The summed E-state index contributed by atoms with van der Waals surface area (Å²) < 4.78 is 5.43. The van der Waals surface area contributed by atoms with Crippen molar-refractivity contribution in [1.29, 1.82) is 0 Å². The Morgan fingerprint density at radius 2 is 1.74 bits per heavy atom. The van der Waals surface area contributed by atoms with E-state index in [-0.39, 0.29) is 17.6 Å². The molecule has 204 valence electrons. The minimum Gasteiger partial charge on any atom is -0.446 e. The number of alkyl carbamates (subject to hydrolysis) is 1. The number of aldehydes is 1. The van der Waals surface area contributed by atoms with Gasteiger partial charge in [-0.1, -0.05) is 54.6 Å². The largest absolute Gasteiger partial charge is 0.446 e. The van der Waals surface area contributed by atoms with Crippen LogP contribution in [0.15, 0.2) is 66.9 Å². The number of carbonyl (C=O) groups is 2. The summed E-state index contributed by atoms with van der Waals surface area (Å²) >= 11 is 0. The van der Waals surface area contributed by atoms with Crippen LogP contribution in [0.25, 0.3) is 22.4 Å². The first-order valence-corrected chi connectivity index (χ1v) is 13.9. The first kappa shape index (κ1) is 26.9. The third-order valence-electron chi connectivity index (χ3n) is 8.61. The summed E-state index contributed by atoms with van der Waals surface area (Å²) in [6.07, 6.45) is 8.57. The molecule has 1 amide bonds. The molecule has 7 nitrogen and oxygen atoms in total. The van der Waals surface area contributed by atoms with Crippen molar-refractivity contribution in [1.82, 2.24) is 10.3 Å². The quantitative estimate of drug-likeness (QED) is 0.309. The van der Waals surface area contributed by atoms with E-state index in [2.05, 4.69) is 53.1 Å². The lowest BCUT2D eigenvalue weighted by Crippen LogP contribution is -2.46. The number of nitrogens with one attached hydrogen (secondary N) is 2. The standard InChI is InChI=1S/C32H38N4O3/c1-31(21-37,24-13-15-27(16-14-24)39-30(38)34-2)36-26-19-28(22-7-4-3-5-8-22)29(35-20-26)23-9-11-25(12-10-23)32(33)17-6-18-32/h3-5,7-12,19-21,24,27,36H,6,13-18,33H2,1-2H3,(H,34,38). The van der Waals surface area contributed by atoms with Crippen molar-refractivity contribution < 1.29 is 14.3 Å². The number of carbonyl (C=O) groups excluding carboxylic acids is 2. The number of aromatic nitrogens is 1. The molecular weight excluding hydrogens is 488 g/mol. The molecule has 4 N–H and O–H groups in total. The summed E-state index contributed by atoms with van der Waals surface area (Å²) in [5.74, 6) is 0.113. The highest BCUT2D eigenvalue weighted by Crippen LogP contribution is 2.41. The van der Waals surface area contributed by atoms with Gasteiger partial charge in [0.2, 0.25) is 0 Å². The molecular formula is C32H38N4O3. The van der Waals surface area contributed by atoms with E-state index in [1.54, 1.807) is 7.05 Å². The molecule has 2 fully saturated rings. The Balaban J connectivity index is 1.39. The second-order valence-electron chi connectivity index (χ2n) is 11.2. The van der Waals surface area contributed by atoms with Gasteiger partial charge < -0.3 is 25.9 Å². The van der Waals surface area contributed by atoms with Crippen LogP contribution in [-0.2, 0) is 15.1 Å². The Kier molecular flexibility index (Phi) is 7.71. The number of hydrogen-bond acceptors (Lipinski definition) is 6. The molecule has 1 atom stereocenters. The Labute approximate surface area is 230 Å². The van der Waals surface area contributed by atoms with E-state index in [0.29, 0.717) is 0 Å². The van der Waals surface area contributed by atoms with Gasteiger partial charge in [0.25, 0.3) is 0 Å². The number of benzene rings is 2. The Morgan fingerprint density at radius 1 is 1.05 bits per heavy atom. The van der Waals surface area contributed by atoms with Crippen LogP contribution in [0.2, 0.25) is 0 Å². The fourth-order valence-electron chi connectivity index (χ4n) is 5.94. The van der Waals surface area contributed by atoms with E-state index in [0.717, 1.165) is 72.9 Å². The highest BCUT2D eigenvalue weighted by atomic mass is 16.6. The second-order valence-corrected chi connectivity index (χ2v) is 11.2. The lowest BCUT2D eigenvalue weighted by Gasteiger charge is -2.39. The van der Waals surface area contributed by atoms with Crippen LogP contribution in [0.4, 0.5) is 10.5 Å². The molecule has 39 heavy (non-hydrogen) atoms. The predicted octanol–water partition coefficient (Wildman–Crippen LogP) is 6.04. The summed E-state index contributed by atoms with van der Waals surface area (Å²) in [5, 5.41) is 6.01. The third kappa shape index (κ3) is 5.69. The summed E-state index contributed by atoms with van der Waals surface area (Å²) in [4.78, 5) is 28.9. The SMILES string of the molecule is CNC(=O)OC1CCC(C(C)(C=O)Nc2cnc(-c3ccc(C4(N)CCC4)cc3)c(-c3ccccc3)c2)CC1. The molecule has 2 aliphatic carbocycles. The van der Waals surface area contributed by atoms with Gasteiger partial charge >= 0.3 is 6.09 Å². The Morgan fingerprint density at radius 3 is 2.33 bits per heavy atom. The number of anilines is 1. The lowest BCUT2D eigenvalue weighted by atomic mass is 9.72. The number of nitrogens with zero attached hydrogens (tertiary/aromatic N) is 1. The molecule has 3 aromatic rings. The van der Waals surface area contributed by atoms with Crippen LogP contribution in [0.1, 0.15) is 57.4 Å². The van der Waals surface area contributed by atoms with Gasteiger partial charge in [-0.15, -0.1) is 0 Å². The zero-order valence-electron chi connectivity index (χ0n) is 22.8. The molecule has 1 heterocycles. The summed E-state index contributed by atoms with van der Waals surface area (Å²) in [7, 11) is 1.56. The predicted molar refractivity (Wildman–Crippen MR) is 154 cm³/mol. The average molecular weight is 527 g/mol. The molecule has 1 unspecified atom stereocenters. The molecule has 1 aromatic heterocycles. The molecule has 0 aliphatic heterocycles. The van der Waals surface area contributed by atoms with Crippen molar-refractivity contribution in [2.45, 2.75) is 69.1 Å². The van der Waals surface area contributed by atoms with E-state index in [9.17, 15) is 9.59 Å². The second kappa shape index (κ2) is 11.2. The van der Waals surface area contributed by atoms with Crippen LogP contribution < -0.4 is 16.4 Å². The smallest absolute Gasteiger partial charge is 0.407 e. The average Bonchev–Trinajstić information content (AvgIpc) is 2.96. The first-order valence-electron chi connectivity index (χ1n) is 13.9. The highest BCUT2D eigenvalue weighted by molar-refractivity contribution is 5.83. The van der Waals surface area contributed by atoms with Gasteiger partial charge in [0.15, 0.2) is 0 Å². The van der Waals surface area contributed by atoms with Crippen LogP contribution in [0.3, 0.4) is 0 Å². The first-order chi connectivity index (χ1) is 18.8. The zero-order valence-corrected chi connectivity index (χ0v) is 22.8. The van der Waals surface area contributed by atoms with Crippen molar-refractivity contribution in [2.24, 2.45) is 11.7 Å². The minimum atomic E-state index is -0.769. The minimum absolute atomic E-state index is 0.113. The normalized spacial score (nSPS) is 21.6. The number of nitrogens with two attached hydrogens (primary N) is 1. The highest BCUT2D eigenvalue weighted by Gasteiger charge is 2.38. The number of pyridine rings is 1. The molecule has 0 radical (unpaired) electrons. The van der Waals surface area contributed by atoms with Crippen LogP contribution in [0, 0.1) is 5.92 Å². The van der Waals surface area contributed by atoms with Crippen LogP contribution >= 0.6 is 0 Å².